The first-order valence-electron chi connectivity index (χ1n) is 8.02. The maximum Gasteiger partial charge on any atom is 0.248 e. The predicted octanol–water partition coefficient (Wildman–Crippen LogP) is -0.303. The average molecular weight is 349 g/mol. The number of likely N-dealkylation sites (N-methyl/N-ethyl adjacent to an activating group) is 1. The first-order valence-corrected chi connectivity index (χ1v) is 8.02. The number of aromatic nitrogens is 1. The van der Waals surface area contributed by atoms with Crippen LogP contribution in [-0.2, 0) is 4.79 Å². The molecule has 0 aliphatic heterocycles. The van der Waals surface area contributed by atoms with E-state index in [-0.39, 0.29) is 36.8 Å². The second-order valence-electron chi connectivity index (χ2n) is 5.79. The van der Waals surface area contributed by atoms with Gasteiger partial charge in [-0.2, -0.15) is 0 Å². The number of fused-ring (bicyclic) bond motifs is 1. The summed E-state index contributed by atoms with van der Waals surface area (Å²) in [4.78, 5) is 27.0. The molecule has 2 rings (SSSR count). The lowest BCUT2D eigenvalue weighted by Crippen LogP contribution is -2.35. The minimum Gasteiger partial charge on any atom is -0.506 e. The fourth-order valence-corrected chi connectivity index (χ4v) is 2.56. The first kappa shape index (κ1) is 18.9. The molecule has 0 unspecified atom stereocenters. The third-order valence-corrected chi connectivity index (χ3v) is 3.98. The minimum absolute atomic E-state index is 0.0550. The molecule has 0 saturated heterocycles. The quantitative estimate of drug-likeness (QED) is 0.417. The van der Waals surface area contributed by atoms with Crippen molar-refractivity contribution < 1.29 is 20.1 Å². The summed E-state index contributed by atoms with van der Waals surface area (Å²) in [5, 5.41) is 32.6. The Balaban J connectivity index is 1.97. The van der Waals surface area contributed by atoms with Crippen LogP contribution in [0.5, 0.6) is 5.75 Å². The summed E-state index contributed by atoms with van der Waals surface area (Å²) in [5.74, 6) is -0.195. The van der Waals surface area contributed by atoms with Crippen molar-refractivity contribution in [2.75, 3.05) is 33.3 Å². The summed E-state index contributed by atoms with van der Waals surface area (Å²) < 4.78 is 0. The Morgan fingerprint density at radius 2 is 2.08 bits per heavy atom. The van der Waals surface area contributed by atoms with Gasteiger partial charge in [-0.1, -0.05) is 6.07 Å². The molecule has 1 aromatic carbocycles. The number of aliphatic hydroxyl groups excluding tert-OH is 2. The van der Waals surface area contributed by atoms with Gasteiger partial charge in [0.25, 0.3) is 0 Å². The number of carbonyl (C=O) groups is 1. The van der Waals surface area contributed by atoms with Gasteiger partial charge in [0.1, 0.15) is 5.75 Å². The van der Waals surface area contributed by atoms with Crippen LogP contribution in [0.25, 0.3) is 10.9 Å². The number of aromatic amines is 1. The lowest BCUT2D eigenvalue weighted by atomic mass is 10.0. The highest BCUT2D eigenvalue weighted by molar-refractivity contribution is 5.87. The standard InChI is InChI=1S/C17H23N3O5/c1-20(16(25)6-9-21)8-7-18-10-14(23)11-2-4-13(22)17-12(11)3-5-15(24)19-17/h2-5,14,18,21-23H,6-10H2,1H3,(H,19,24)/t14-/m0/s1. The van der Waals surface area contributed by atoms with Crippen molar-refractivity contribution in [3.05, 3.63) is 40.2 Å². The van der Waals surface area contributed by atoms with Gasteiger partial charge in [0, 0.05) is 44.6 Å². The lowest BCUT2D eigenvalue weighted by Gasteiger charge is -2.19. The Kier molecular flexibility index (Phi) is 6.51. The number of phenolic OH excluding ortho intramolecular Hbond substituents is 1. The Bertz CT molecular complexity index is 789. The van der Waals surface area contributed by atoms with Gasteiger partial charge in [0.05, 0.1) is 18.2 Å². The van der Waals surface area contributed by atoms with Crippen LogP contribution >= 0.6 is 0 Å². The van der Waals surface area contributed by atoms with Gasteiger partial charge in [-0.15, -0.1) is 0 Å². The molecule has 8 heteroatoms. The molecule has 0 aliphatic carbocycles. The number of amides is 1. The van der Waals surface area contributed by atoms with E-state index in [1.54, 1.807) is 19.2 Å². The van der Waals surface area contributed by atoms with Crippen LogP contribution in [-0.4, -0.2) is 64.4 Å². The van der Waals surface area contributed by atoms with Gasteiger partial charge in [0.15, 0.2) is 0 Å². The van der Waals surface area contributed by atoms with E-state index in [9.17, 15) is 19.8 Å². The van der Waals surface area contributed by atoms with Crippen molar-refractivity contribution in [2.24, 2.45) is 0 Å². The Hall–Kier alpha value is -2.42. The minimum atomic E-state index is -0.840. The molecule has 2 aromatic rings. The fraction of sp³-hybridized carbons (Fsp3) is 0.412. The zero-order chi connectivity index (χ0) is 18.4. The summed E-state index contributed by atoms with van der Waals surface area (Å²) in [6.07, 6.45) is -0.746. The van der Waals surface area contributed by atoms with E-state index in [1.165, 1.54) is 17.0 Å². The number of nitrogens with one attached hydrogen (secondary N) is 2. The Labute approximate surface area is 144 Å². The Morgan fingerprint density at radius 3 is 2.80 bits per heavy atom. The van der Waals surface area contributed by atoms with Crippen LogP contribution < -0.4 is 10.9 Å². The van der Waals surface area contributed by atoms with Crippen molar-refractivity contribution in [1.29, 1.82) is 0 Å². The molecule has 25 heavy (non-hydrogen) atoms. The SMILES string of the molecule is CN(CCNC[C@H](O)c1ccc(O)c2[nH]c(=O)ccc12)C(=O)CCO. The molecule has 8 nitrogen and oxygen atoms in total. The number of nitrogens with zero attached hydrogens (tertiary/aromatic N) is 1. The van der Waals surface area contributed by atoms with Crippen LogP contribution in [0.15, 0.2) is 29.1 Å². The number of H-pyrrole nitrogens is 1. The predicted molar refractivity (Wildman–Crippen MR) is 93.4 cm³/mol. The molecule has 0 spiro atoms. The lowest BCUT2D eigenvalue weighted by molar-refractivity contribution is -0.130. The molecule has 1 heterocycles. The van der Waals surface area contributed by atoms with Gasteiger partial charge in [0.2, 0.25) is 11.5 Å². The third-order valence-electron chi connectivity index (χ3n) is 3.98. The fourth-order valence-electron chi connectivity index (χ4n) is 2.56. The topological polar surface area (TPSA) is 126 Å². The van der Waals surface area contributed by atoms with E-state index in [0.29, 0.717) is 29.6 Å². The molecule has 5 N–H and O–H groups in total. The highest BCUT2D eigenvalue weighted by Crippen LogP contribution is 2.28. The van der Waals surface area contributed by atoms with Gasteiger partial charge in [-0.05, 0) is 17.7 Å². The van der Waals surface area contributed by atoms with Crippen molar-refractivity contribution in [3.8, 4) is 5.75 Å². The van der Waals surface area contributed by atoms with E-state index in [0.717, 1.165) is 0 Å². The van der Waals surface area contributed by atoms with Gasteiger partial charge in [-0.25, -0.2) is 0 Å². The molecule has 0 radical (unpaired) electrons. The number of hydrogen-bond donors (Lipinski definition) is 5. The first-order chi connectivity index (χ1) is 11.9. The van der Waals surface area contributed by atoms with Crippen LogP contribution in [0.2, 0.25) is 0 Å². The molecule has 0 aliphatic rings. The number of phenols is 1. The normalized spacial score (nSPS) is 12.3. The monoisotopic (exact) mass is 349 g/mol. The summed E-state index contributed by atoms with van der Waals surface area (Å²) in [7, 11) is 1.65. The van der Waals surface area contributed by atoms with Crippen molar-refractivity contribution in [1.82, 2.24) is 15.2 Å². The average Bonchev–Trinajstić information content (AvgIpc) is 2.59. The maximum atomic E-state index is 11.5. The molecule has 1 amide bonds. The molecule has 1 atom stereocenters. The molecule has 136 valence electrons. The van der Waals surface area contributed by atoms with E-state index >= 15 is 0 Å². The van der Waals surface area contributed by atoms with Crippen LogP contribution in [0.3, 0.4) is 0 Å². The van der Waals surface area contributed by atoms with Crippen molar-refractivity contribution >= 4 is 16.8 Å². The van der Waals surface area contributed by atoms with Crippen molar-refractivity contribution in [3.63, 3.8) is 0 Å². The zero-order valence-corrected chi connectivity index (χ0v) is 14.0. The smallest absolute Gasteiger partial charge is 0.248 e. The molecule has 0 bridgehead atoms. The van der Waals surface area contributed by atoms with E-state index in [1.807, 2.05) is 0 Å². The van der Waals surface area contributed by atoms with E-state index < -0.39 is 6.10 Å². The maximum absolute atomic E-state index is 11.5. The van der Waals surface area contributed by atoms with E-state index in [2.05, 4.69) is 10.3 Å². The zero-order valence-electron chi connectivity index (χ0n) is 14.0. The van der Waals surface area contributed by atoms with Gasteiger partial charge >= 0.3 is 0 Å². The summed E-state index contributed by atoms with van der Waals surface area (Å²) in [5.41, 5.74) is 0.544. The highest BCUT2D eigenvalue weighted by Gasteiger charge is 2.14. The van der Waals surface area contributed by atoms with Crippen molar-refractivity contribution in [2.45, 2.75) is 12.5 Å². The van der Waals surface area contributed by atoms with E-state index in [4.69, 9.17) is 5.11 Å². The second-order valence-corrected chi connectivity index (χ2v) is 5.79. The molecular weight excluding hydrogens is 326 g/mol. The number of aromatic hydroxyl groups is 1. The molecule has 0 saturated carbocycles. The van der Waals surface area contributed by atoms with Crippen LogP contribution in [0, 0.1) is 0 Å². The van der Waals surface area contributed by atoms with Gasteiger partial charge in [-0.3, -0.25) is 9.59 Å². The second kappa shape index (κ2) is 8.61. The molecule has 1 aromatic heterocycles. The number of aliphatic hydroxyl groups is 2. The summed E-state index contributed by atoms with van der Waals surface area (Å²) in [6.45, 7) is 1.01. The van der Waals surface area contributed by atoms with Crippen LogP contribution in [0.4, 0.5) is 0 Å². The number of pyridine rings is 1. The number of carbonyl (C=O) groups excluding carboxylic acids is 1. The Morgan fingerprint density at radius 1 is 1.32 bits per heavy atom. The summed E-state index contributed by atoms with van der Waals surface area (Å²) >= 11 is 0. The number of benzene rings is 1. The summed E-state index contributed by atoms with van der Waals surface area (Å²) in [6, 6.07) is 5.94. The molecule has 0 fully saturated rings. The van der Waals surface area contributed by atoms with Gasteiger partial charge < -0.3 is 30.5 Å². The number of rotatable bonds is 8. The van der Waals surface area contributed by atoms with Crippen LogP contribution in [0.1, 0.15) is 18.1 Å². The highest BCUT2D eigenvalue weighted by atomic mass is 16.3. The number of hydrogen-bond acceptors (Lipinski definition) is 6. The largest absolute Gasteiger partial charge is 0.506 e. The third kappa shape index (κ3) is 4.79. The molecular formula is C17H23N3O5.